The van der Waals surface area contributed by atoms with E-state index in [9.17, 15) is 13.2 Å². The van der Waals surface area contributed by atoms with Crippen molar-refractivity contribution in [1.82, 2.24) is 4.98 Å². The largest absolute Gasteiger partial charge is 0.573 e. The molecule has 0 aliphatic carbocycles. The lowest BCUT2D eigenvalue weighted by atomic mass is 10.3. The lowest BCUT2D eigenvalue weighted by Gasteiger charge is -2.10. The van der Waals surface area contributed by atoms with Gasteiger partial charge in [0.25, 0.3) is 0 Å². The highest BCUT2D eigenvalue weighted by molar-refractivity contribution is 6.16. The Balaban J connectivity index is 2.89. The molecule has 0 atom stereocenters. The minimum atomic E-state index is -4.77. The van der Waals surface area contributed by atoms with Crippen LogP contribution in [0.1, 0.15) is 5.69 Å². The summed E-state index contributed by atoms with van der Waals surface area (Å²) in [6, 6.07) is 1.23. The van der Waals surface area contributed by atoms with Gasteiger partial charge in [-0.3, -0.25) is 4.98 Å². The summed E-state index contributed by atoms with van der Waals surface area (Å²) in [7, 11) is 0. The number of anilines is 1. The van der Waals surface area contributed by atoms with Gasteiger partial charge in [-0.2, -0.15) is 0 Å². The highest BCUT2D eigenvalue weighted by Gasteiger charge is 2.32. The van der Waals surface area contributed by atoms with E-state index >= 15 is 0 Å². The molecular weight excluding hydrogens is 221 g/mol. The van der Waals surface area contributed by atoms with Crippen molar-refractivity contribution in [3.63, 3.8) is 0 Å². The van der Waals surface area contributed by atoms with E-state index in [1.807, 2.05) is 0 Å². The van der Waals surface area contributed by atoms with Gasteiger partial charge in [-0.05, 0) is 6.07 Å². The molecule has 1 rings (SSSR count). The molecule has 0 spiro atoms. The lowest BCUT2D eigenvalue weighted by molar-refractivity contribution is -0.274. The first kappa shape index (κ1) is 10.9. The number of halogens is 4. The molecule has 0 aromatic carbocycles. The molecule has 78 valence electrons. The van der Waals surface area contributed by atoms with E-state index in [-0.39, 0.29) is 11.6 Å². The zero-order valence-corrected chi connectivity index (χ0v) is 7.56. The summed E-state index contributed by atoms with van der Waals surface area (Å²) in [5.41, 5.74) is 5.52. The van der Waals surface area contributed by atoms with Gasteiger partial charge in [0.2, 0.25) is 0 Å². The molecule has 2 N–H and O–H groups in total. The number of nitrogens with two attached hydrogens (primary N) is 1. The normalized spacial score (nSPS) is 11.4. The van der Waals surface area contributed by atoms with E-state index < -0.39 is 12.1 Å². The minimum absolute atomic E-state index is 0.0799. The van der Waals surface area contributed by atoms with E-state index in [0.717, 1.165) is 6.20 Å². The number of nitrogen functional groups attached to an aromatic ring is 1. The van der Waals surface area contributed by atoms with E-state index in [0.29, 0.717) is 5.69 Å². The second kappa shape index (κ2) is 3.91. The monoisotopic (exact) mass is 226 g/mol. The van der Waals surface area contributed by atoms with Crippen LogP contribution >= 0.6 is 11.6 Å². The Bertz CT molecular complexity index is 329. The highest BCUT2D eigenvalue weighted by Crippen LogP contribution is 2.27. The zero-order valence-electron chi connectivity index (χ0n) is 6.81. The van der Waals surface area contributed by atoms with Crippen LogP contribution in [0.5, 0.6) is 5.75 Å². The maximum Gasteiger partial charge on any atom is 0.573 e. The van der Waals surface area contributed by atoms with E-state index in [1.54, 1.807) is 0 Å². The average Bonchev–Trinajstić information content (AvgIpc) is 2.06. The van der Waals surface area contributed by atoms with Crippen LogP contribution in [0.4, 0.5) is 18.9 Å². The maximum absolute atomic E-state index is 11.8. The van der Waals surface area contributed by atoms with Gasteiger partial charge in [-0.1, -0.05) is 0 Å². The van der Waals surface area contributed by atoms with E-state index in [1.165, 1.54) is 6.07 Å². The molecule has 0 radical (unpaired) electrons. The van der Waals surface area contributed by atoms with Crippen LogP contribution in [0.25, 0.3) is 0 Å². The summed E-state index contributed by atoms with van der Waals surface area (Å²) in [6.45, 7) is 0. The van der Waals surface area contributed by atoms with E-state index in [2.05, 4.69) is 9.72 Å². The molecule has 0 amide bonds. The zero-order chi connectivity index (χ0) is 10.8. The number of ether oxygens (including phenoxy) is 1. The molecule has 1 aromatic heterocycles. The molecule has 0 unspecified atom stereocenters. The molecule has 0 bridgehead atoms. The average molecular weight is 227 g/mol. The molecule has 0 fully saturated rings. The fraction of sp³-hybridized carbons (Fsp3) is 0.286. The Morgan fingerprint density at radius 1 is 1.50 bits per heavy atom. The Hall–Kier alpha value is -1.17. The third-order valence-corrected chi connectivity index (χ3v) is 1.59. The summed E-state index contributed by atoms with van der Waals surface area (Å²) in [5.74, 6) is -0.442. The van der Waals surface area contributed by atoms with Crippen molar-refractivity contribution in [2.45, 2.75) is 12.2 Å². The Kier molecular flexibility index (Phi) is 3.05. The predicted octanol–water partition coefficient (Wildman–Crippen LogP) is 2.30. The first-order chi connectivity index (χ1) is 6.42. The molecule has 1 aromatic rings. The summed E-state index contributed by atoms with van der Waals surface area (Å²) in [4.78, 5) is 3.61. The fourth-order valence-electron chi connectivity index (χ4n) is 0.787. The molecule has 0 saturated heterocycles. The van der Waals surface area contributed by atoms with Gasteiger partial charge >= 0.3 is 6.36 Å². The smallest absolute Gasteiger partial charge is 0.402 e. The van der Waals surface area contributed by atoms with Gasteiger partial charge in [0.15, 0.2) is 5.75 Å². The number of nitrogens with zero attached hydrogens (tertiary/aromatic N) is 1. The van der Waals surface area contributed by atoms with Crippen LogP contribution in [-0.2, 0) is 5.88 Å². The van der Waals surface area contributed by atoms with Crippen molar-refractivity contribution in [1.29, 1.82) is 0 Å². The maximum atomic E-state index is 11.8. The molecule has 0 aliphatic rings. The van der Waals surface area contributed by atoms with Gasteiger partial charge in [-0.25, -0.2) is 0 Å². The summed E-state index contributed by atoms with van der Waals surface area (Å²) < 4.78 is 38.9. The lowest BCUT2D eigenvalue weighted by Crippen LogP contribution is -2.18. The molecular formula is C7H6ClF3N2O. The van der Waals surface area contributed by atoms with Gasteiger partial charge < -0.3 is 10.5 Å². The topological polar surface area (TPSA) is 48.1 Å². The van der Waals surface area contributed by atoms with Crippen molar-refractivity contribution in [2.24, 2.45) is 0 Å². The SMILES string of the molecule is Nc1cc(CCl)ncc1OC(F)(F)F. The summed E-state index contributed by atoms with van der Waals surface area (Å²) in [5, 5.41) is 0. The molecule has 7 heteroatoms. The predicted molar refractivity (Wildman–Crippen MR) is 44.9 cm³/mol. The van der Waals surface area contributed by atoms with Crippen LogP contribution in [0.15, 0.2) is 12.3 Å². The number of aromatic nitrogens is 1. The van der Waals surface area contributed by atoms with Crippen LogP contribution in [-0.4, -0.2) is 11.3 Å². The third kappa shape index (κ3) is 2.95. The second-order valence-corrected chi connectivity index (χ2v) is 2.66. The second-order valence-electron chi connectivity index (χ2n) is 2.39. The van der Waals surface area contributed by atoms with Crippen molar-refractivity contribution < 1.29 is 17.9 Å². The van der Waals surface area contributed by atoms with Crippen molar-refractivity contribution in [3.8, 4) is 5.75 Å². The Morgan fingerprint density at radius 3 is 2.57 bits per heavy atom. The summed E-state index contributed by atoms with van der Waals surface area (Å²) in [6.07, 6.45) is -3.88. The first-order valence-electron chi connectivity index (χ1n) is 3.48. The highest BCUT2D eigenvalue weighted by atomic mass is 35.5. The van der Waals surface area contributed by atoms with Crippen LogP contribution in [0.3, 0.4) is 0 Å². The first-order valence-corrected chi connectivity index (χ1v) is 4.02. The Labute approximate surface area is 82.6 Å². The van der Waals surface area contributed by atoms with E-state index in [4.69, 9.17) is 17.3 Å². The standard InChI is InChI=1S/C7H6ClF3N2O/c8-2-4-1-5(12)6(3-13-4)14-7(9,10)11/h1,3H,2H2,(H2,12,13). The van der Waals surface area contributed by atoms with Gasteiger partial charge in [0.1, 0.15) is 0 Å². The van der Waals surface area contributed by atoms with Crippen LogP contribution < -0.4 is 10.5 Å². The van der Waals surface area contributed by atoms with Crippen molar-refractivity contribution in [2.75, 3.05) is 5.73 Å². The van der Waals surface area contributed by atoms with Gasteiger partial charge in [0.05, 0.1) is 23.5 Å². The summed E-state index contributed by atoms with van der Waals surface area (Å²) >= 11 is 5.40. The molecule has 0 aliphatic heterocycles. The molecule has 14 heavy (non-hydrogen) atoms. The van der Waals surface area contributed by atoms with Crippen LogP contribution in [0.2, 0.25) is 0 Å². The number of hydrogen-bond donors (Lipinski definition) is 1. The van der Waals surface area contributed by atoms with Crippen LogP contribution in [0, 0.1) is 0 Å². The van der Waals surface area contributed by atoms with Crippen molar-refractivity contribution in [3.05, 3.63) is 18.0 Å². The quantitative estimate of drug-likeness (QED) is 0.787. The Morgan fingerprint density at radius 2 is 2.14 bits per heavy atom. The number of rotatable bonds is 2. The minimum Gasteiger partial charge on any atom is -0.402 e. The number of alkyl halides is 4. The third-order valence-electron chi connectivity index (χ3n) is 1.32. The molecule has 3 nitrogen and oxygen atoms in total. The van der Waals surface area contributed by atoms with Crippen molar-refractivity contribution >= 4 is 17.3 Å². The van der Waals surface area contributed by atoms with Gasteiger partial charge in [-0.15, -0.1) is 24.8 Å². The number of pyridine rings is 1. The fourth-order valence-corrected chi connectivity index (χ4v) is 0.933. The molecule has 1 heterocycles. The molecule has 0 saturated carbocycles. The number of hydrogen-bond acceptors (Lipinski definition) is 3. The van der Waals surface area contributed by atoms with Gasteiger partial charge in [0, 0.05) is 0 Å².